The molecule has 0 aliphatic carbocycles. The average Bonchev–Trinajstić information content (AvgIpc) is 2.95. The fraction of sp³-hybridized carbons (Fsp3) is 0.462. The first kappa shape index (κ1) is 12.0. The maximum atomic E-state index is 11.3. The van der Waals surface area contributed by atoms with Gasteiger partial charge in [0.1, 0.15) is 5.52 Å². The number of hydrogen-bond donors (Lipinski definition) is 1. The van der Waals surface area contributed by atoms with Crippen LogP contribution in [0, 0.1) is 5.41 Å². The number of aliphatic carboxylic acids is 1. The van der Waals surface area contributed by atoms with Crippen LogP contribution < -0.4 is 4.90 Å². The van der Waals surface area contributed by atoms with Crippen LogP contribution in [0.25, 0.3) is 11.0 Å². The summed E-state index contributed by atoms with van der Waals surface area (Å²) in [7, 11) is 1.93. The molecule has 100 valence electrons. The molecular formula is C13H16N4O2. The summed E-state index contributed by atoms with van der Waals surface area (Å²) in [5, 5.41) is 9.29. The van der Waals surface area contributed by atoms with Gasteiger partial charge in [0.25, 0.3) is 0 Å². The average molecular weight is 260 g/mol. The molecule has 0 bridgehead atoms. The van der Waals surface area contributed by atoms with E-state index in [0.717, 1.165) is 16.9 Å². The van der Waals surface area contributed by atoms with Crippen molar-refractivity contribution in [3.8, 4) is 0 Å². The lowest BCUT2D eigenvalue weighted by Crippen LogP contribution is -2.32. The number of anilines is 1. The van der Waals surface area contributed by atoms with Crippen LogP contribution in [-0.2, 0) is 11.8 Å². The number of imidazole rings is 1. The van der Waals surface area contributed by atoms with E-state index >= 15 is 0 Å². The maximum absolute atomic E-state index is 11.3. The topological polar surface area (TPSA) is 71.2 Å². The summed E-state index contributed by atoms with van der Waals surface area (Å²) in [6, 6.07) is 1.91. The molecule has 2 aromatic rings. The Bertz CT molecular complexity index is 651. The van der Waals surface area contributed by atoms with Gasteiger partial charge in [-0.2, -0.15) is 0 Å². The van der Waals surface area contributed by atoms with E-state index in [1.807, 2.05) is 22.6 Å². The van der Waals surface area contributed by atoms with Crippen molar-refractivity contribution in [2.75, 3.05) is 18.0 Å². The number of carboxylic acid groups (broad SMARTS) is 1. The quantitative estimate of drug-likeness (QED) is 0.880. The molecule has 0 aromatic carbocycles. The van der Waals surface area contributed by atoms with Crippen molar-refractivity contribution in [3.05, 3.63) is 18.6 Å². The largest absolute Gasteiger partial charge is 0.481 e. The van der Waals surface area contributed by atoms with E-state index in [4.69, 9.17) is 0 Å². The van der Waals surface area contributed by atoms with Crippen LogP contribution in [0.4, 0.5) is 5.82 Å². The standard InChI is InChI=1S/C13H16N4O2/c1-13(12(18)19)4-6-17(7-13)11-10-9(3-5-14-11)16(2)8-15-10/h3,5,8H,4,6-7H2,1-2H3,(H,18,19). The Balaban J connectivity index is 2.00. The Morgan fingerprint density at radius 2 is 2.26 bits per heavy atom. The third kappa shape index (κ3) is 1.75. The van der Waals surface area contributed by atoms with E-state index < -0.39 is 11.4 Å². The van der Waals surface area contributed by atoms with Crippen molar-refractivity contribution in [2.24, 2.45) is 12.5 Å². The first-order valence-electron chi connectivity index (χ1n) is 6.26. The van der Waals surface area contributed by atoms with Gasteiger partial charge in [0.2, 0.25) is 0 Å². The lowest BCUT2D eigenvalue weighted by molar-refractivity contribution is -0.146. The smallest absolute Gasteiger partial charge is 0.311 e. The number of carbonyl (C=O) groups is 1. The second kappa shape index (κ2) is 3.94. The zero-order valence-electron chi connectivity index (χ0n) is 11.0. The van der Waals surface area contributed by atoms with Gasteiger partial charge in [-0.05, 0) is 19.4 Å². The summed E-state index contributed by atoms with van der Waals surface area (Å²) >= 11 is 0. The number of hydrogen-bond acceptors (Lipinski definition) is 4. The molecule has 3 rings (SSSR count). The molecule has 1 aliphatic rings. The molecule has 1 saturated heterocycles. The Labute approximate surface area is 110 Å². The third-order valence-electron chi connectivity index (χ3n) is 3.91. The molecule has 2 aromatic heterocycles. The molecule has 1 fully saturated rings. The fourth-order valence-electron chi connectivity index (χ4n) is 2.60. The molecule has 19 heavy (non-hydrogen) atoms. The summed E-state index contributed by atoms with van der Waals surface area (Å²) in [6.07, 6.45) is 4.13. The van der Waals surface area contributed by atoms with Crippen LogP contribution in [0.3, 0.4) is 0 Å². The van der Waals surface area contributed by atoms with Gasteiger partial charge in [-0.3, -0.25) is 4.79 Å². The predicted octanol–water partition coefficient (Wildman–Crippen LogP) is 1.27. The van der Waals surface area contributed by atoms with Crippen LogP contribution in [-0.4, -0.2) is 38.7 Å². The van der Waals surface area contributed by atoms with Crippen LogP contribution in [0.1, 0.15) is 13.3 Å². The minimum Gasteiger partial charge on any atom is -0.481 e. The number of carboxylic acids is 1. The van der Waals surface area contributed by atoms with E-state index in [1.165, 1.54) is 0 Å². The summed E-state index contributed by atoms with van der Waals surface area (Å²) in [6.45, 7) is 2.96. The van der Waals surface area contributed by atoms with E-state index in [2.05, 4.69) is 9.97 Å². The predicted molar refractivity (Wildman–Crippen MR) is 71.1 cm³/mol. The van der Waals surface area contributed by atoms with Gasteiger partial charge in [0, 0.05) is 26.3 Å². The summed E-state index contributed by atoms with van der Waals surface area (Å²) < 4.78 is 1.94. The number of pyridine rings is 1. The lowest BCUT2D eigenvalue weighted by Gasteiger charge is -2.21. The van der Waals surface area contributed by atoms with Crippen LogP contribution in [0.2, 0.25) is 0 Å². The zero-order valence-corrected chi connectivity index (χ0v) is 11.0. The molecule has 0 amide bonds. The maximum Gasteiger partial charge on any atom is 0.311 e. The minimum atomic E-state index is -0.747. The first-order valence-corrected chi connectivity index (χ1v) is 6.26. The number of rotatable bonds is 2. The van der Waals surface area contributed by atoms with E-state index in [-0.39, 0.29) is 0 Å². The van der Waals surface area contributed by atoms with Crippen LogP contribution in [0.5, 0.6) is 0 Å². The molecule has 1 aliphatic heterocycles. The summed E-state index contributed by atoms with van der Waals surface area (Å²) in [5.41, 5.74) is 1.15. The normalized spacial score (nSPS) is 23.2. The van der Waals surface area contributed by atoms with Crippen LogP contribution >= 0.6 is 0 Å². The molecule has 3 heterocycles. The summed E-state index contributed by atoms with van der Waals surface area (Å²) in [4.78, 5) is 22.1. The molecule has 1 atom stereocenters. The van der Waals surface area contributed by atoms with Crippen molar-refractivity contribution in [3.63, 3.8) is 0 Å². The fourth-order valence-corrected chi connectivity index (χ4v) is 2.60. The van der Waals surface area contributed by atoms with Crippen molar-refractivity contribution >= 4 is 22.8 Å². The van der Waals surface area contributed by atoms with Gasteiger partial charge in [0.15, 0.2) is 5.82 Å². The van der Waals surface area contributed by atoms with Crippen molar-refractivity contribution in [2.45, 2.75) is 13.3 Å². The Kier molecular flexibility index (Phi) is 2.48. The van der Waals surface area contributed by atoms with Crippen molar-refractivity contribution in [1.29, 1.82) is 0 Å². The first-order chi connectivity index (χ1) is 9.01. The molecular weight excluding hydrogens is 244 g/mol. The van der Waals surface area contributed by atoms with Gasteiger partial charge in [0.05, 0.1) is 17.3 Å². The summed E-state index contributed by atoms with van der Waals surface area (Å²) in [5.74, 6) is 0.0336. The zero-order chi connectivity index (χ0) is 13.6. The van der Waals surface area contributed by atoms with Crippen LogP contribution in [0.15, 0.2) is 18.6 Å². The lowest BCUT2D eigenvalue weighted by atomic mass is 9.90. The monoisotopic (exact) mass is 260 g/mol. The number of nitrogens with zero attached hydrogens (tertiary/aromatic N) is 4. The second-order valence-corrected chi connectivity index (χ2v) is 5.40. The highest BCUT2D eigenvalue weighted by molar-refractivity contribution is 5.87. The molecule has 0 spiro atoms. The molecule has 0 saturated carbocycles. The molecule has 1 unspecified atom stereocenters. The van der Waals surface area contributed by atoms with Gasteiger partial charge >= 0.3 is 5.97 Å². The Hall–Kier alpha value is -2.11. The SMILES string of the molecule is Cn1cnc2c(N3CCC(C)(C(=O)O)C3)nccc21. The van der Waals surface area contributed by atoms with E-state index in [1.54, 1.807) is 19.4 Å². The highest BCUT2D eigenvalue weighted by Crippen LogP contribution is 2.34. The highest BCUT2D eigenvalue weighted by Gasteiger charge is 2.41. The Morgan fingerprint density at radius 3 is 2.95 bits per heavy atom. The van der Waals surface area contributed by atoms with Gasteiger partial charge in [-0.15, -0.1) is 0 Å². The van der Waals surface area contributed by atoms with Crippen molar-refractivity contribution in [1.82, 2.24) is 14.5 Å². The second-order valence-electron chi connectivity index (χ2n) is 5.40. The van der Waals surface area contributed by atoms with Gasteiger partial charge < -0.3 is 14.6 Å². The minimum absolute atomic E-state index is 0.477. The number of fused-ring (bicyclic) bond motifs is 1. The van der Waals surface area contributed by atoms with Gasteiger partial charge in [-0.1, -0.05) is 0 Å². The highest BCUT2D eigenvalue weighted by atomic mass is 16.4. The van der Waals surface area contributed by atoms with E-state index in [9.17, 15) is 9.90 Å². The molecule has 6 heteroatoms. The van der Waals surface area contributed by atoms with Crippen molar-refractivity contribution < 1.29 is 9.90 Å². The third-order valence-corrected chi connectivity index (χ3v) is 3.91. The molecule has 1 N–H and O–H groups in total. The number of aryl methyl sites for hydroxylation is 1. The number of aromatic nitrogens is 3. The molecule has 0 radical (unpaired) electrons. The molecule has 6 nitrogen and oxygen atoms in total. The van der Waals surface area contributed by atoms with E-state index in [0.29, 0.717) is 19.5 Å². The Morgan fingerprint density at radius 1 is 1.47 bits per heavy atom. The van der Waals surface area contributed by atoms with Gasteiger partial charge in [-0.25, -0.2) is 9.97 Å².